The van der Waals surface area contributed by atoms with Crippen molar-refractivity contribution in [2.45, 2.75) is 33.8 Å². The Balaban J connectivity index is 2.00. The molecule has 2 aromatic carbocycles. The highest BCUT2D eigenvalue weighted by molar-refractivity contribution is 5.97. The Bertz CT molecular complexity index is 895. The van der Waals surface area contributed by atoms with Gasteiger partial charge in [0.2, 0.25) is 0 Å². The van der Waals surface area contributed by atoms with Crippen molar-refractivity contribution < 1.29 is 19.2 Å². The first-order valence-corrected chi connectivity index (χ1v) is 8.28. The van der Waals surface area contributed by atoms with Crippen molar-refractivity contribution in [3.8, 4) is 5.75 Å². The summed E-state index contributed by atoms with van der Waals surface area (Å²) in [5.41, 5.74) is 6.94. The molecule has 2 N–H and O–H groups in total. The van der Waals surface area contributed by atoms with Crippen molar-refractivity contribution in [1.29, 1.82) is 0 Å². The molecule has 27 heavy (non-hydrogen) atoms. The van der Waals surface area contributed by atoms with Gasteiger partial charge >= 0.3 is 0 Å². The van der Waals surface area contributed by atoms with E-state index in [2.05, 4.69) is 10.9 Å². The molecule has 1 unspecified atom stereocenters. The quantitative estimate of drug-likeness (QED) is 0.620. The molecule has 0 saturated heterocycles. The summed E-state index contributed by atoms with van der Waals surface area (Å²) in [4.78, 5) is 34.7. The summed E-state index contributed by atoms with van der Waals surface area (Å²) < 4.78 is 5.65. The van der Waals surface area contributed by atoms with E-state index in [1.165, 1.54) is 12.1 Å². The lowest BCUT2D eigenvalue weighted by atomic mass is 10.1. The average molecular weight is 371 g/mol. The maximum atomic E-state index is 12.2. The van der Waals surface area contributed by atoms with E-state index < -0.39 is 22.8 Å². The Labute approximate surface area is 156 Å². The fourth-order valence-electron chi connectivity index (χ4n) is 2.35. The third kappa shape index (κ3) is 4.81. The minimum Gasteiger partial charge on any atom is -0.481 e. The summed E-state index contributed by atoms with van der Waals surface area (Å²) in [5, 5.41) is 10.9. The molecule has 0 heterocycles. The number of nitrogens with zero attached hydrogens (tertiary/aromatic N) is 1. The SMILES string of the molecule is Cc1ccc([N+](=O)[O-])cc1C(=O)NNC(=O)C(C)Oc1cccc(C)c1C. The number of aryl methyl sites for hydroxylation is 2. The Kier molecular flexibility index (Phi) is 6.12. The number of nitro groups is 1. The van der Waals surface area contributed by atoms with Gasteiger partial charge in [-0.05, 0) is 50.5 Å². The fourth-order valence-corrected chi connectivity index (χ4v) is 2.35. The van der Waals surface area contributed by atoms with Crippen LogP contribution in [-0.2, 0) is 4.79 Å². The van der Waals surface area contributed by atoms with Crippen LogP contribution in [0.1, 0.15) is 34.0 Å². The molecular formula is C19H21N3O5. The molecule has 0 spiro atoms. The minimum absolute atomic E-state index is 0.104. The van der Waals surface area contributed by atoms with Crippen LogP contribution in [0.25, 0.3) is 0 Å². The van der Waals surface area contributed by atoms with E-state index in [4.69, 9.17) is 4.74 Å². The van der Waals surface area contributed by atoms with Crippen molar-refractivity contribution >= 4 is 17.5 Å². The standard InChI is InChI=1S/C19H21N3O5/c1-11-6-5-7-17(13(11)3)27-14(4)18(23)20-21-19(24)16-10-15(22(25)26)9-8-12(16)2/h5-10,14H,1-4H3,(H,20,23)(H,21,24). The van der Waals surface area contributed by atoms with Gasteiger partial charge < -0.3 is 4.74 Å². The Morgan fingerprint density at radius 3 is 2.44 bits per heavy atom. The van der Waals surface area contributed by atoms with E-state index in [0.717, 1.165) is 17.2 Å². The van der Waals surface area contributed by atoms with Crippen molar-refractivity contribution in [1.82, 2.24) is 10.9 Å². The smallest absolute Gasteiger partial charge is 0.279 e. The van der Waals surface area contributed by atoms with Crippen LogP contribution in [0.2, 0.25) is 0 Å². The van der Waals surface area contributed by atoms with Gasteiger partial charge in [-0.1, -0.05) is 18.2 Å². The zero-order chi connectivity index (χ0) is 20.1. The van der Waals surface area contributed by atoms with Gasteiger partial charge in [-0.3, -0.25) is 30.6 Å². The van der Waals surface area contributed by atoms with E-state index in [0.29, 0.717) is 11.3 Å². The number of non-ortho nitro benzene ring substituents is 1. The number of hydrogen-bond donors (Lipinski definition) is 2. The van der Waals surface area contributed by atoms with Crippen LogP contribution in [0.5, 0.6) is 5.75 Å². The number of hydrazine groups is 1. The van der Waals surface area contributed by atoms with Crippen LogP contribution in [-0.4, -0.2) is 22.8 Å². The maximum Gasteiger partial charge on any atom is 0.279 e. The van der Waals surface area contributed by atoms with E-state index in [-0.39, 0.29) is 11.3 Å². The number of carbonyl (C=O) groups excluding carboxylic acids is 2. The van der Waals surface area contributed by atoms with Crippen LogP contribution >= 0.6 is 0 Å². The maximum absolute atomic E-state index is 12.2. The van der Waals surface area contributed by atoms with Crippen molar-refractivity contribution in [3.05, 3.63) is 68.8 Å². The summed E-state index contributed by atoms with van der Waals surface area (Å²) in [6.45, 7) is 7.03. The lowest BCUT2D eigenvalue weighted by molar-refractivity contribution is -0.384. The number of amides is 2. The molecule has 2 rings (SSSR count). The fraction of sp³-hybridized carbons (Fsp3) is 0.263. The summed E-state index contributed by atoms with van der Waals surface area (Å²) in [6.07, 6.45) is -0.850. The Morgan fingerprint density at radius 1 is 1.07 bits per heavy atom. The normalized spacial score (nSPS) is 11.4. The second-order valence-corrected chi connectivity index (χ2v) is 6.16. The third-order valence-corrected chi connectivity index (χ3v) is 4.20. The molecule has 0 fully saturated rings. The third-order valence-electron chi connectivity index (χ3n) is 4.20. The summed E-state index contributed by atoms with van der Waals surface area (Å²) in [7, 11) is 0. The molecule has 2 amide bonds. The molecule has 0 aliphatic heterocycles. The Morgan fingerprint density at radius 2 is 1.78 bits per heavy atom. The first kappa shape index (κ1) is 19.9. The molecule has 8 nitrogen and oxygen atoms in total. The summed E-state index contributed by atoms with van der Waals surface area (Å²) in [6, 6.07) is 9.47. The van der Waals surface area contributed by atoms with Gasteiger partial charge in [-0.15, -0.1) is 0 Å². The molecule has 0 saturated carbocycles. The highest BCUT2D eigenvalue weighted by Gasteiger charge is 2.19. The highest BCUT2D eigenvalue weighted by atomic mass is 16.6. The number of nitro benzene ring substituents is 1. The number of ether oxygens (including phenoxy) is 1. The number of nitrogens with one attached hydrogen (secondary N) is 2. The second-order valence-electron chi connectivity index (χ2n) is 6.16. The zero-order valence-electron chi connectivity index (χ0n) is 15.5. The second kappa shape index (κ2) is 8.31. The number of benzene rings is 2. The van der Waals surface area contributed by atoms with E-state index in [9.17, 15) is 19.7 Å². The zero-order valence-corrected chi connectivity index (χ0v) is 15.5. The molecule has 142 valence electrons. The van der Waals surface area contributed by atoms with Gasteiger partial charge in [0.1, 0.15) is 5.75 Å². The van der Waals surface area contributed by atoms with Crippen LogP contribution in [0.3, 0.4) is 0 Å². The highest BCUT2D eigenvalue weighted by Crippen LogP contribution is 2.21. The van der Waals surface area contributed by atoms with Crippen LogP contribution in [0.4, 0.5) is 5.69 Å². The number of rotatable bonds is 5. The monoisotopic (exact) mass is 371 g/mol. The topological polar surface area (TPSA) is 111 Å². The van der Waals surface area contributed by atoms with Gasteiger partial charge in [-0.2, -0.15) is 0 Å². The first-order chi connectivity index (χ1) is 12.7. The Hall–Kier alpha value is -3.42. The number of hydrogen-bond acceptors (Lipinski definition) is 5. The molecule has 1 atom stereocenters. The van der Waals surface area contributed by atoms with Gasteiger partial charge in [0, 0.05) is 12.1 Å². The minimum atomic E-state index is -0.850. The molecule has 0 aromatic heterocycles. The molecule has 0 bridgehead atoms. The molecular weight excluding hydrogens is 350 g/mol. The van der Waals surface area contributed by atoms with E-state index in [1.54, 1.807) is 19.9 Å². The predicted octanol–water partition coefficient (Wildman–Crippen LogP) is 2.75. The lowest BCUT2D eigenvalue weighted by Gasteiger charge is -2.17. The molecule has 0 aliphatic carbocycles. The largest absolute Gasteiger partial charge is 0.481 e. The molecule has 0 radical (unpaired) electrons. The molecule has 0 aliphatic rings. The summed E-state index contributed by atoms with van der Waals surface area (Å²) >= 11 is 0. The van der Waals surface area contributed by atoms with E-state index in [1.807, 2.05) is 26.0 Å². The van der Waals surface area contributed by atoms with E-state index >= 15 is 0 Å². The van der Waals surface area contributed by atoms with Crippen LogP contribution in [0, 0.1) is 30.9 Å². The predicted molar refractivity (Wildman–Crippen MR) is 99.4 cm³/mol. The van der Waals surface area contributed by atoms with Crippen LogP contribution < -0.4 is 15.6 Å². The van der Waals surface area contributed by atoms with Gasteiger partial charge in [0.05, 0.1) is 10.5 Å². The van der Waals surface area contributed by atoms with Crippen LogP contribution in [0.15, 0.2) is 36.4 Å². The molecule has 8 heteroatoms. The van der Waals surface area contributed by atoms with Gasteiger partial charge in [-0.25, -0.2) is 0 Å². The lowest BCUT2D eigenvalue weighted by Crippen LogP contribution is -2.47. The van der Waals surface area contributed by atoms with Crippen molar-refractivity contribution in [3.63, 3.8) is 0 Å². The van der Waals surface area contributed by atoms with Crippen molar-refractivity contribution in [2.75, 3.05) is 0 Å². The summed E-state index contributed by atoms with van der Waals surface area (Å²) in [5.74, 6) is -0.616. The first-order valence-electron chi connectivity index (χ1n) is 8.28. The van der Waals surface area contributed by atoms with Crippen molar-refractivity contribution in [2.24, 2.45) is 0 Å². The average Bonchev–Trinajstić information content (AvgIpc) is 2.63. The number of carbonyl (C=O) groups is 2. The van der Waals surface area contributed by atoms with Gasteiger partial charge in [0.15, 0.2) is 6.10 Å². The van der Waals surface area contributed by atoms with Gasteiger partial charge in [0.25, 0.3) is 17.5 Å². The molecule has 2 aromatic rings.